The number of thioether (sulfide) groups is 1. The third-order valence-corrected chi connectivity index (χ3v) is 5.78. The minimum absolute atomic E-state index is 0.0614. The van der Waals surface area contributed by atoms with Crippen molar-refractivity contribution in [1.82, 2.24) is 9.78 Å². The lowest BCUT2D eigenvalue weighted by atomic mass is 10.2. The topological polar surface area (TPSA) is 34.9 Å². The minimum atomic E-state index is 0.0614. The third-order valence-electron chi connectivity index (χ3n) is 2.96. The molecule has 0 saturated carbocycles. The number of carbonyl (C=O) groups excluding carboxylic acids is 1. The predicted molar refractivity (Wildman–Crippen MR) is 78.5 cm³/mol. The molecule has 2 aromatic rings. The molecule has 3 nitrogen and oxygen atoms in total. The molecule has 0 N–H and O–H groups in total. The number of fused-ring (bicyclic) bond motifs is 1. The first-order valence-electron chi connectivity index (χ1n) is 5.58. The molecule has 3 heterocycles. The number of hydrogen-bond donors (Lipinski definition) is 0. The predicted octanol–water partition coefficient (Wildman–Crippen LogP) is 3.26. The number of hydrogen-bond acceptors (Lipinski definition) is 4. The highest BCUT2D eigenvalue weighted by Crippen LogP contribution is 2.33. The van der Waals surface area contributed by atoms with Gasteiger partial charge in [-0.3, -0.25) is 9.48 Å². The van der Waals surface area contributed by atoms with E-state index in [-0.39, 0.29) is 5.78 Å². The van der Waals surface area contributed by atoms with Gasteiger partial charge in [-0.2, -0.15) is 16.9 Å². The molecule has 0 saturated heterocycles. The largest absolute Gasteiger partial charge is 0.286 e. The van der Waals surface area contributed by atoms with E-state index in [1.165, 1.54) is 10.4 Å². The average Bonchev–Trinajstić information content (AvgIpc) is 2.92. The summed E-state index contributed by atoms with van der Waals surface area (Å²) >= 11 is 6.95. The van der Waals surface area contributed by atoms with E-state index < -0.39 is 0 Å². The van der Waals surface area contributed by atoms with Gasteiger partial charge in [0, 0.05) is 17.7 Å². The van der Waals surface area contributed by atoms with Crippen LogP contribution in [0.25, 0.3) is 0 Å². The van der Waals surface area contributed by atoms with Gasteiger partial charge in [0.2, 0.25) is 5.78 Å². The number of aromatic nitrogens is 2. The molecular formula is C12H11BrN2OS2. The Morgan fingerprint density at radius 2 is 2.39 bits per heavy atom. The summed E-state index contributed by atoms with van der Waals surface area (Å²) in [5, 5.41) is 4.09. The van der Waals surface area contributed by atoms with Crippen LogP contribution in [-0.2, 0) is 19.2 Å². The van der Waals surface area contributed by atoms with Gasteiger partial charge in [-0.15, -0.1) is 11.3 Å². The summed E-state index contributed by atoms with van der Waals surface area (Å²) in [6, 6.07) is 2.05. The first-order valence-corrected chi connectivity index (χ1v) is 8.35. The van der Waals surface area contributed by atoms with Crippen LogP contribution in [0.1, 0.15) is 25.8 Å². The molecule has 94 valence electrons. The number of thiophene rings is 1. The van der Waals surface area contributed by atoms with Crippen LogP contribution in [-0.4, -0.2) is 21.3 Å². The van der Waals surface area contributed by atoms with Crippen molar-refractivity contribution in [2.75, 3.05) is 5.75 Å². The zero-order valence-corrected chi connectivity index (χ0v) is 13.0. The highest BCUT2D eigenvalue weighted by atomic mass is 79.9. The maximum Gasteiger partial charge on any atom is 0.222 e. The van der Waals surface area contributed by atoms with Crippen molar-refractivity contribution in [2.24, 2.45) is 7.05 Å². The van der Waals surface area contributed by atoms with Crippen LogP contribution in [0.3, 0.4) is 0 Å². The minimum Gasteiger partial charge on any atom is -0.286 e. The molecule has 0 unspecified atom stereocenters. The SMILES string of the molecule is Cn1ncc(Br)c1C(=O)c1cc2c(s1)CCSC2. The summed E-state index contributed by atoms with van der Waals surface area (Å²) in [6.07, 6.45) is 2.75. The molecule has 3 rings (SSSR count). The van der Waals surface area contributed by atoms with Crippen LogP contribution < -0.4 is 0 Å². The molecule has 1 aliphatic heterocycles. The first kappa shape index (κ1) is 12.4. The van der Waals surface area contributed by atoms with E-state index in [4.69, 9.17) is 0 Å². The van der Waals surface area contributed by atoms with Gasteiger partial charge in [-0.05, 0) is 39.7 Å². The molecular weight excluding hydrogens is 332 g/mol. The van der Waals surface area contributed by atoms with E-state index >= 15 is 0 Å². The fraction of sp³-hybridized carbons (Fsp3) is 0.333. The average molecular weight is 343 g/mol. The van der Waals surface area contributed by atoms with Gasteiger partial charge >= 0.3 is 0 Å². The molecule has 0 amide bonds. The number of carbonyl (C=O) groups is 1. The second kappa shape index (κ2) is 4.83. The summed E-state index contributed by atoms with van der Waals surface area (Å²) in [7, 11) is 1.79. The van der Waals surface area contributed by atoms with Crippen molar-refractivity contribution < 1.29 is 4.79 Å². The summed E-state index contributed by atoms with van der Waals surface area (Å²) < 4.78 is 2.38. The van der Waals surface area contributed by atoms with Gasteiger partial charge in [0.15, 0.2) is 0 Å². The third kappa shape index (κ3) is 2.06. The summed E-state index contributed by atoms with van der Waals surface area (Å²) in [5.41, 5.74) is 1.96. The Labute approximate surface area is 122 Å². The molecule has 0 spiro atoms. The lowest BCUT2D eigenvalue weighted by Gasteiger charge is -2.08. The van der Waals surface area contributed by atoms with Crippen LogP contribution in [0.5, 0.6) is 0 Å². The van der Waals surface area contributed by atoms with Crippen LogP contribution >= 0.6 is 39.0 Å². The Morgan fingerprint density at radius 3 is 3.06 bits per heavy atom. The van der Waals surface area contributed by atoms with Crippen molar-refractivity contribution in [3.8, 4) is 0 Å². The van der Waals surface area contributed by atoms with Gasteiger partial charge in [0.25, 0.3) is 0 Å². The van der Waals surface area contributed by atoms with Crippen LogP contribution in [0, 0.1) is 0 Å². The normalized spacial score (nSPS) is 14.6. The smallest absolute Gasteiger partial charge is 0.222 e. The fourth-order valence-electron chi connectivity index (χ4n) is 2.04. The van der Waals surface area contributed by atoms with Gasteiger partial charge in [0.05, 0.1) is 15.5 Å². The molecule has 2 aromatic heterocycles. The Morgan fingerprint density at radius 1 is 1.56 bits per heavy atom. The Kier molecular flexibility index (Phi) is 3.34. The van der Waals surface area contributed by atoms with Gasteiger partial charge < -0.3 is 0 Å². The molecule has 1 aliphatic rings. The molecule has 0 radical (unpaired) electrons. The van der Waals surface area contributed by atoms with Gasteiger partial charge in [-0.25, -0.2) is 0 Å². The Balaban J connectivity index is 2.00. The first-order chi connectivity index (χ1) is 8.66. The second-order valence-electron chi connectivity index (χ2n) is 4.16. The van der Waals surface area contributed by atoms with E-state index in [1.54, 1.807) is 29.3 Å². The summed E-state index contributed by atoms with van der Waals surface area (Å²) in [4.78, 5) is 14.7. The van der Waals surface area contributed by atoms with Crippen molar-refractivity contribution >= 4 is 44.8 Å². The Hall–Kier alpha value is -0.590. The lowest BCUT2D eigenvalue weighted by molar-refractivity contribution is 0.103. The van der Waals surface area contributed by atoms with Crippen molar-refractivity contribution in [3.05, 3.63) is 37.7 Å². The number of aryl methyl sites for hydroxylation is 2. The maximum atomic E-state index is 12.5. The second-order valence-corrected chi connectivity index (χ2v) is 7.25. The molecule has 0 bridgehead atoms. The molecule has 0 aromatic carbocycles. The molecule has 0 fully saturated rings. The fourth-order valence-corrected chi connectivity index (χ4v) is 4.88. The zero-order chi connectivity index (χ0) is 12.7. The van der Waals surface area contributed by atoms with Gasteiger partial charge in [0.1, 0.15) is 5.69 Å². The number of ketones is 1. The monoisotopic (exact) mass is 342 g/mol. The van der Waals surface area contributed by atoms with Crippen molar-refractivity contribution in [1.29, 1.82) is 0 Å². The van der Waals surface area contributed by atoms with E-state index in [0.29, 0.717) is 5.69 Å². The highest BCUT2D eigenvalue weighted by Gasteiger charge is 2.22. The summed E-state index contributed by atoms with van der Waals surface area (Å²) in [5.74, 6) is 2.26. The molecule has 0 atom stereocenters. The highest BCUT2D eigenvalue weighted by molar-refractivity contribution is 9.10. The number of rotatable bonds is 2. The van der Waals surface area contributed by atoms with E-state index in [2.05, 4.69) is 21.0 Å². The molecule has 18 heavy (non-hydrogen) atoms. The van der Waals surface area contributed by atoms with Crippen LogP contribution in [0.15, 0.2) is 16.7 Å². The zero-order valence-electron chi connectivity index (χ0n) is 9.77. The van der Waals surface area contributed by atoms with E-state index in [0.717, 1.165) is 27.3 Å². The Bertz CT molecular complexity index is 575. The lowest BCUT2D eigenvalue weighted by Crippen LogP contribution is -2.07. The van der Waals surface area contributed by atoms with Gasteiger partial charge in [-0.1, -0.05) is 0 Å². The quantitative estimate of drug-likeness (QED) is 0.785. The molecule has 0 aliphatic carbocycles. The van der Waals surface area contributed by atoms with Crippen molar-refractivity contribution in [3.63, 3.8) is 0 Å². The number of halogens is 1. The summed E-state index contributed by atoms with van der Waals surface area (Å²) in [6.45, 7) is 0. The standard InChI is InChI=1S/C12H11BrN2OS2/c1-15-11(8(13)5-14-15)12(16)10-4-7-6-17-3-2-9(7)18-10/h4-5H,2-3,6H2,1H3. The van der Waals surface area contributed by atoms with E-state index in [1.807, 2.05) is 17.8 Å². The maximum absolute atomic E-state index is 12.5. The van der Waals surface area contributed by atoms with Crippen LogP contribution in [0.4, 0.5) is 0 Å². The molecule has 6 heteroatoms. The van der Waals surface area contributed by atoms with Crippen LogP contribution in [0.2, 0.25) is 0 Å². The van der Waals surface area contributed by atoms with Crippen molar-refractivity contribution in [2.45, 2.75) is 12.2 Å². The van der Waals surface area contributed by atoms with E-state index in [9.17, 15) is 4.79 Å². The number of nitrogens with zero attached hydrogens (tertiary/aromatic N) is 2.